The van der Waals surface area contributed by atoms with Crippen LogP contribution in [0.2, 0.25) is 0 Å². The van der Waals surface area contributed by atoms with Gasteiger partial charge in [0, 0.05) is 29.2 Å². The maximum absolute atomic E-state index is 13.3. The minimum Gasteiger partial charge on any atom is -0.372 e. The number of hydrogen-bond acceptors (Lipinski definition) is 3. The minimum atomic E-state index is -0.0427. The molecule has 31 heavy (non-hydrogen) atoms. The van der Waals surface area contributed by atoms with Gasteiger partial charge in [0.25, 0.3) is 5.91 Å². The molecule has 1 heterocycles. The Balaban J connectivity index is 1.62. The molecule has 3 nitrogen and oxygen atoms in total. The van der Waals surface area contributed by atoms with Gasteiger partial charge in [-0.3, -0.25) is 4.79 Å². The third kappa shape index (κ3) is 4.64. The third-order valence-electron chi connectivity index (χ3n) is 5.66. The molecule has 3 aromatic carbocycles. The first kappa shape index (κ1) is 21.1. The number of thiophene rings is 1. The molecule has 1 N–H and O–H groups in total. The standard InChI is InChI=1S/C27H28N2OS/c1-4-29(5-2)22-16-14-21(15-17-22)28-27(30)26-24(18-20-12-10-19(3)11-13-20)23-8-6-7-9-25(23)31-26/h6-17H,4-5,18H2,1-3H3,(H,28,30). The fourth-order valence-corrected chi connectivity index (χ4v) is 5.02. The molecule has 0 unspecified atom stereocenters. The summed E-state index contributed by atoms with van der Waals surface area (Å²) in [5.41, 5.74) is 5.54. The highest BCUT2D eigenvalue weighted by Gasteiger charge is 2.19. The number of benzene rings is 3. The zero-order valence-corrected chi connectivity index (χ0v) is 19.1. The van der Waals surface area contributed by atoms with Crippen molar-refractivity contribution in [3.8, 4) is 0 Å². The van der Waals surface area contributed by atoms with Crippen LogP contribution in [0.5, 0.6) is 0 Å². The summed E-state index contributed by atoms with van der Waals surface area (Å²) < 4.78 is 1.15. The summed E-state index contributed by atoms with van der Waals surface area (Å²) in [6.45, 7) is 8.32. The summed E-state index contributed by atoms with van der Waals surface area (Å²) in [5.74, 6) is -0.0427. The van der Waals surface area contributed by atoms with Crippen LogP contribution in [-0.4, -0.2) is 19.0 Å². The fourth-order valence-electron chi connectivity index (χ4n) is 3.90. The van der Waals surface area contributed by atoms with E-state index in [1.54, 1.807) is 11.3 Å². The van der Waals surface area contributed by atoms with Gasteiger partial charge < -0.3 is 10.2 Å². The van der Waals surface area contributed by atoms with Crippen molar-refractivity contribution < 1.29 is 4.79 Å². The molecule has 0 atom stereocenters. The highest BCUT2D eigenvalue weighted by molar-refractivity contribution is 7.21. The van der Waals surface area contributed by atoms with Crippen molar-refractivity contribution in [3.05, 3.63) is 94.4 Å². The Kier molecular flexibility index (Phi) is 6.38. The van der Waals surface area contributed by atoms with Crippen LogP contribution in [0, 0.1) is 6.92 Å². The summed E-state index contributed by atoms with van der Waals surface area (Å²) in [5, 5.41) is 4.27. The predicted octanol–water partition coefficient (Wildman–Crippen LogP) is 6.90. The number of carbonyl (C=O) groups is 1. The zero-order chi connectivity index (χ0) is 21.8. The molecule has 4 rings (SSSR count). The summed E-state index contributed by atoms with van der Waals surface area (Å²) in [6.07, 6.45) is 0.744. The molecule has 0 aliphatic rings. The molecular formula is C27H28N2OS. The number of nitrogens with zero attached hydrogens (tertiary/aromatic N) is 1. The first-order valence-corrected chi connectivity index (χ1v) is 11.6. The molecule has 4 heteroatoms. The Morgan fingerprint density at radius 1 is 0.903 bits per heavy atom. The van der Waals surface area contributed by atoms with Gasteiger partial charge >= 0.3 is 0 Å². The minimum absolute atomic E-state index is 0.0427. The summed E-state index contributed by atoms with van der Waals surface area (Å²) in [7, 11) is 0. The van der Waals surface area contributed by atoms with Crippen LogP contribution in [-0.2, 0) is 6.42 Å². The second-order valence-corrected chi connectivity index (χ2v) is 8.79. The van der Waals surface area contributed by atoms with Crippen molar-refractivity contribution in [2.75, 3.05) is 23.3 Å². The average molecular weight is 429 g/mol. The normalized spacial score (nSPS) is 10.9. The number of fused-ring (bicyclic) bond motifs is 1. The Bertz CT molecular complexity index is 1170. The Hall–Kier alpha value is -3.11. The third-order valence-corrected chi connectivity index (χ3v) is 6.87. The van der Waals surface area contributed by atoms with Crippen molar-refractivity contribution in [1.29, 1.82) is 0 Å². The van der Waals surface area contributed by atoms with Gasteiger partial charge in [-0.2, -0.15) is 0 Å². The summed E-state index contributed by atoms with van der Waals surface area (Å²) >= 11 is 1.57. The van der Waals surface area contributed by atoms with E-state index in [4.69, 9.17) is 0 Å². The van der Waals surface area contributed by atoms with Gasteiger partial charge in [0.05, 0.1) is 4.88 Å². The van der Waals surface area contributed by atoms with E-state index in [1.807, 2.05) is 24.3 Å². The Labute approximate surface area is 188 Å². The topological polar surface area (TPSA) is 32.3 Å². The molecule has 4 aromatic rings. The molecule has 0 fully saturated rings. The van der Waals surface area contributed by atoms with Gasteiger partial charge in [-0.25, -0.2) is 0 Å². The van der Waals surface area contributed by atoms with E-state index < -0.39 is 0 Å². The second-order valence-electron chi connectivity index (χ2n) is 7.74. The van der Waals surface area contributed by atoms with Crippen LogP contribution in [0.15, 0.2) is 72.8 Å². The Morgan fingerprint density at radius 2 is 1.58 bits per heavy atom. The van der Waals surface area contributed by atoms with Gasteiger partial charge in [0.15, 0.2) is 0 Å². The summed E-state index contributed by atoms with van der Waals surface area (Å²) in [4.78, 5) is 16.3. The van der Waals surface area contributed by atoms with Crippen LogP contribution < -0.4 is 10.2 Å². The highest BCUT2D eigenvalue weighted by atomic mass is 32.1. The van der Waals surface area contributed by atoms with Gasteiger partial charge in [0.2, 0.25) is 0 Å². The molecular weight excluding hydrogens is 400 g/mol. The lowest BCUT2D eigenvalue weighted by molar-refractivity contribution is 0.103. The quantitative estimate of drug-likeness (QED) is 0.347. The number of anilines is 2. The van der Waals surface area contributed by atoms with E-state index in [0.29, 0.717) is 0 Å². The van der Waals surface area contributed by atoms with Gasteiger partial charge in [-0.1, -0.05) is 48.0 Å². The average Bonchev–Trinajstić information content (AvgIpc) is 3.16. The molecule has 0 saturated heterocycles. The molecule has 0 radical (unpaired) electrons. The number of rotatable bonds is 7. The fraction of sp³-hybridized carbons (Fsp3) is 0.222. The van der Waals surface area contributed by atoms with Crippen LogP contribution in [0.1, 0.15) is 40.2 Å². The smallest absolute Gasteiger partial charge is 0.266 e. The predicted molar refractivity (Wildman–Crippen MR) is 134 cm³/mol. The van der Waals surface area contributed by atoms with E-state index in [0.717, 1.165) is 45.7 Å². The number of aryl methyl sites for hydroxylation is 1. The lowest BCUT2D eigenvalue weighted by Gasteiger charge is -2.21. The first-order chi connectivity index (χ1) is 15.1. The zero-order valence-electron chi connectivity index (χ0n) is 18.3. The Morgan fingerprint density at radius 3 is 2.26 bits per heavy atom. The molecule has 1 aromatic heterocycles. The SMILES string of the molecule is CCN(CC)c1ccc(NC(=O)c2sc3ccccc3c2Cc2ccc(C)cc2)cc1. The molecule has 0 bridgehead atoms. The monoisotopic (exact) mass is 428 g/mol. The van der Waals surface area contributed by atoms with E-state index in [9.17, 15) is 4.79 Å². The van der Waals surface area contributed by atoms with Crippen LogP contribution in [0.25, 0.3) is 10.1 Å². The van der Waals surface area contributed by atoms with Crippen molar-refractivity contribution >= 4 is 38.7 Å². The van der Waals surface area contributed by atoms with E-state index in [1.165, 1.54) is 16.8 Å². The lowest BCUT2D eigenvalue weighted by Crippen LogP contribution is -2.21. The largest absolute Gasteiger partial charge is 0.372 e. The van der Waals surface area contributed by atoms with Crippen LogP contribution in [0.3, 0.4) is 0 Å². The van der Waals surface area contributed by atoms with Crippen LogP contribution >= 0.6 is 11.3 Å². The van der Waals surface area contributed by atoms with E-state index >= 15 is 0 Å². The molecule has 0 aliphatic heterocycles. The van der Waals surface area contributed by atoms with Crippen molar-refractivity contribution in [2.45, 2.75) is 27.2 Å². The number of carbonyl (C=O) groups excluding carboxylic acids is 1. The van der Waals surface area contributed by atoms with Gasteiger partial charge in [-0.15, -0.1) is 11.3 Å². The molecule has 0 saturated carbocycles. The first-order valence-electron chi connectivity index (χ1n) is 10.8. The molecule has 158 valence electrons. The highest BCUT2D eigenvalue weighted by Crippen LogP contribution is 2.33. The molecule has 0 spiro atoms. The molecule has 1 amide bonds. The van der Waals surface area contributed by atoms with Gasteiger partial charge in [0.1, 0.15) is 0 Å². The van der Waals surface area contributed by atoms with Crippen molar-refractivity contribution in [2.24, 2.45) is 0 Å². The van der Waals surface area contributed by atoms with Gasteiger partial charge in [-0.05, 0) is 74.0 Å². The van der Waals surface area contributed by atoms with E-state index in [2.05, 4.69) is 79.5 Å². The number of nitrogens with one attached hydrogen (secondary N) is 1. The number of hydrogen-bond donors (Lipinski definition) is 1. The maximum atomic E-state index is 13.3. The summed E-state index contributed by atoms with van der Waals surface area (Å²) in [6, 6.07) is 24.9. The van der Waals surface area contributed by atoms with E-state index in [-0.39, 0.29) is 5.91 Å². The van der Waals surface area contributed by atoms with Crippen LogP contribution in [0.4, 0.5) is 11.4 Å². The number of amides is 1. The van der Waals surface area contributed by atoms with Crippen molar-refractivity contribution in [1.82, 2.24) is 0 Å². The molecule has 0 aliphatic carbocycles. The lowest BCUT2D eigenvalue weighted by atomic mass is 10.0. The maximum Gasteiger partial charge on any atom is 0.266 e. The second kappa shape index (κ2) is 9.36. The van der Waals surface area contributed by atoms with Crippen molar-refractivity contribution in [3.63, 3.8) is 0 Å².